The van der Waals surface area contributed by atoms with Crippen LogP contribution in [0.5, 0.6) is 0 Å². The highest BCUT2D eigenvalue weighted by Crippen LogP contribution is 2.39. The molecule has 2 aliphatic rings. The van der Waals surface area contributed by atoms with Crippen LogP contribution in [0.25, 0.3) is 0 Å². The van der Waals surface area contributed by atoms with Gasteiger partial charge < -0.3 is 9.15 Å². The predicted octanol–water partition coefficient (Wildman–Crippen LogP) is 3.38. The van der Waals surface area contributed by atoms with E-state index in [0.29, 0.717) is 25.0 Å². The second kappa shape index (κ2) is 7.72. The first-order valence-electron chi connectivity index (χ1n) is 10.4. The van der Waals surface area contributed by atoms with Crippen molar-refractivity contribution in [3.05, 3.63) is 64.6 Å². The van der Waals surface area contributed by atoms with Crippen LogP contribution in [0.2, 0.25) is 0 Å². The third kappa shape index (κ3) is 3.84. The molecule has 5 rings (SSSR count). The molecule has 7 heteroatoms. The molecule has 3 aromatic rings. The molecule has 1 aliphatic carbocycles. The highest BCUT2D eigenvalue weighted by molar-refractivity contribution is 5.30. The minimum absolute atomic E-state index is 0.143. The van der Waals surface area contributed by atoms with Crippen molar-refractivity contribution in [3.63, 3.8) is 0 Å². The van der Waals surface area contributed by atoms with Gasteiger partial charge in [0.25, 0.3) is 0 Å². The zero-order chi connectivity index (χ0) is 19.8. The van der Waals surface area contributed by atoms with Crippen molar-refractivity contribution in [1.29, 1.82) is 0 Å². The summed E-state index contributed by atoms with van der Waals surface area (Å²) in [6, 6.07) is 10.6. The Kier molecular flexibility index (Phi) is 4.93. The highest BCUT2D eigenvalue weighted by Gasteiger charge is 2.32. The minimum Gasteiger partial charge on any atom is -0.424 e. The summed E-state index contributed by atoms with van der Waals surface area (Å²) in [6.45, 7) is 7.89. The van der Waals surface area contributed by atoms with Crippen LogP contribution < -0.4 is 0 Å². The van der Waals surface area contributed by atoms with E-state index >= 15 is 0 Å². The van der Waals surface area contributed by atoms with E-state index in [2.05, 4.69) is 57.9 Å². The van der Waals surface area contributed by atoms with Crippen LogP contribution in [0.3, 0.4) is 0 Å². The molecule has 2 aromatic heterocycles. The molecule has 0 N–H and O–H groups in total. The van der Waals surface area contributed by atoms with Crippen LogP contribution >= 0.6 is 0 Å². The van der Waals surface area contributed by atoms with Crippen molar-refractivity contribution < 1.29 is 9.15 Å². The van der Waals surface area contributed by atoms with E-state index < -0.39 is 0 Å². The topological polar surface area (TPSA) is 69.2 Å². The molecule has 1 aliphatic heterocycles. The molecule has 1 aromatic carbocycles. The van der Waals surface area contributed by atoms with E-state index in [0.717, 1.165) is 31.3 Å². The lowest BCUT2D eigenvalue weighted by molar-refractivity contribution is -0.0167. The highest BCUT2D eigenvalue weighted by atomic mass is 16.5. The van der Waals surface area contributed by atoms with E-state index in [4.69, 9.17) is 14.3 Å². The predicted molar refractivity (Wildman–Crippen MR) is 107 cm³/mol. The molecule has 0 radical (unpaired) electrons. The fourth-order valence-corrected chi connectivity index (χ4v) is 4.20. The smallest absolute Gasteiger partial charge is 0.230 e. The lowest BCUT2D eigenvalue weighted by Gasteiger charge is -2.35. The summed E-state index contributed by atoms with van der Waals surface area (Å²) in [6.07, 6.45) is 2.33. The first kappa shape index (κ1) is 18.5. The SMILES string of the molecule is Cc1nn(Cc2ccccc2)c(C)c1C1COCCN1Cc1nnc(C2CC2)o1. The average Bonchev–Trinajstić information content (AvgIpc) is 3.42. The molecule has 29 heavy (non-hydrogen) atoms. The van der Waals surface area contributed by atoms with Gasteiger partial charge in [0.15, 0.2) is 0 Å². The summed E-state index contributed by atoms with van der Waals surface area (Å²) >= 11 is 0. The van der Waals surface area contributed by atoms with E-state index in [1.165, 1.54) is 29.7 Å². The number of morpholine rings is 1. The van der Waals surface area contributed by atoms with Crippen molar-refractivity contribution in [1.82, 2.24) is 24.9 Å². The van der Waals surface area contributed by atoms with Gasteiger partial charge in [0.1, 0.15) is 0 Å². The summed E-state index contributed by atoms with van der Waals surface area (Å²) < 4.78 is 13.9. The molecule has 152 valence electrons. The van der Waals surface area contributed by atoms with E-state index in [9.17, 15) is 0 Å². The number of nitrogens with zero attached hydrogens (tertiary/aromatic N) is 5. The Labute approximate surface area is 170 Å². The van der Waals surface area contributed by atoms with Crippen molar-refractivity contribution in [3.8, 4) is 0 Å². The number of aryl methyl sites for hydroxylation is 1. The third-order valence-electron chi connectivity index (χ3n) is 5.93. The second-order valence-electron chi connectivity index (χ2n) is 8.10. The Morgan fingerprint density at radius 3 is 2.69 bits per heavy atom. The third-order valence-corrected chi connectivity index (χ3v) is 5.93. The lowest BCUT2D eigenvalue weighted by atomic mass is 10.0. The van der Waals surface area contributed by atoms with Crippen LogP contribution in [0, 0.1) is 13.8 Å². The lowest BCUT2D eigenvalue weighted by Crippen LogP contribution is -2.39. The Bertz CT molecular complexity index is 977. The molecule has 0 spiro atoms. The van der Waals surface area contributed by atoms with Gasteiger partial charge in [0, 0.05) is 23.7 Å². The van der Waals surface area contributed by atoms with Crippen molar-refractivity contribution in [2.45, 2.75) is 51.7 Å². The Morgan fingerprint density at radius 1 is 1.07 bits per heavy atom. The van der Waals surface area contributed by atoms with E-state index in [1.54, 1.807) is 0 Å². The summed E-state index contributed by atoms with van der Waals surface area (Å²) in [4.78, 5) is 2.39. The molecule has 7 nitrogen and oxygen atoms in total. The molecule has 1 unspecified atom stereocenters. The minimum atomic E-state index is 0.143. The van der Waals surface area contributed by atoms with Crippen LogP contribution in [-0.2, 0) is 17.8 Å². The molecule has 3 heterocycles. The fourth-order valence-electron chi connectivity index (χ4n) is 4.20. The van der Waals surface area contributed by atoms with Gasteiger partial charge in [0.05, 0.1) is 38.0 Å². The van der Waals surface area contributed by atoms with Crippen molar-refractivity contribution in [2.75, 3.05) is 19.8 Å². The molecular formula is C22H27N5O2. The normalized spacial score (nSPS) is 20.3. The van der Waals surface area contributed by atoms with Crippen LogP contribution in [0.4, 0.5) is 0 Å². The van der Waals surface area contributed by atoms with Gasteiger partial charge in [-0.2, -0.15) is 5.10 Å². The summed E-state index contributed by atoms with van der Waals surface area (Å²) in [5, 5.41) is 13.4. The molecule has 1 saturated carbocycles. The zero-order valence-electron chi connectivity index (χ0n) is 17.0. The molecule has 1 saturated heterocycles. The standard InChI is InChI=1S/C22H27N5O2/c1-15-21(16(2)27(25-15)12-17-6-4-3-5-7-17)19-14-28-11-10-26(19)13-20-23-24-22(29-20)18-8-9-18/h3-7,18-19H,8-14H2,1-2H3. The quantitative estimate of drug-likeness (QED) is 0.639. The van der Waals surface area contributed by atoms with Crippen LogP contribution in [0.1, 0.15) is 59.1 Å². The zero-order valence-corrected chi connectivity index (χ0v) is 17.0. The van der Waals surface area contributed by atoms with Gasteiger partial charge in [-0.15, -0.1) is 10.2 Å². The maximum Gasteiger partial charge on any atom is 0.230 e. The molecular weight excluding hydrogens is 366 g/mol. The summed E-state index contributed by atoms with van der Waals surface area (Å²) in [5.74, 6) is 1.98. The van der Waals surface area contributed by atoms with Gasteiger partial charge >= 0.3 is 0 Å². The van der Waals surface area contributed by atoms with Gasteiger partial charge in [-0.25, -0.2) is 0 Å². The van der Waals surface area contributed by atoms with Crippen molar-refractivity contribution in [2.24, 2.45) is 0 Å². The summed E-state index contributed by atoms with van der Waals surface area (Å²) in [7, 11) is 0. The number of hydrogen-bond donors (Lipinski definition) is 0. The number of hydrogen-bond acceptors (Lipinski definition) is 6. The Hall–Kier alpha value is -2.51. The maximum atomic E-state index is 5.91. The van der Waals surface area contributed by atoms with Gasteiger partial charge in [-0.3, -0.25) is 9.58 Å². The Morgan fingerprint density at radius 2 is 1.90 bits per heavy atom. The van der Waals surface area contributed by atoms with E-state index in [-0.39, 0.29) is 6.04 Å². The van der Waals surface area contributed by atoms with Crippen LogP contribution in [0.15, 0.2) is 34.7 Å². The largest absolute Gasteiger partial charge is 0.424 e. The van der Waals surface area contributed by atoms with E-state index in [1.807, 2.05) is 6.07 Å². The molecule has 0 amide bonds. The second-order valence-corrected chi connectivity index (χ2v) is 8.10. The molecule has 1 atom stereocenters. The van der Waals surface area contributed by atoms with Gasteiger partial charge in [0.2, 0.25) is 11.8 Å². The first-order chi connectivity index (χ1) is 14.2. The number of benzene rings is 1. The number of aromatic nitrogens is 4. The van der Waals surface area contributed by atoms with Gasteiger partial charge in [-0.1, -0.05) is 30.3 Å². The summed E-state index contributed by atoms with van der Waals surface area (Å²) in [5.41, 5.74) is 4.75. The maximum absolute atomic E-state index is 5.91. The number of ether oxygens (including phenoxy) is 1. The monoisotopic (exact) mass is 393 g/mol. The average molecular weight is 393 g/mol. The number of rotatable bonds is 6. The van der Waals surface area contributed by atoms with Crippen LogP contribution in [-0.4, -0.2) is 44.6 Å². The van der Waals surface area contributed by atoms with Crippen molar-refractivity contribution >= 4 is 0 Å². The molecule has 0 bridgehead atoms. The Balaban J connectivity index is 1.38. The fraction of sp³-hybridized carbons (Fsp3) is 0.500. The first-order valence-corrected chi connectivity index (χ1v) is 10.4. The van der Waals surface area contributed by atoms with Gasteiger partial charge in [-0.05, 0) is 32.3 Å². The molecule has 2 fully saturated rings.